The lowest BCUT2D eigenvalue weighted by Gasteiger charge is -2.35. The highest BCUT2D eigenvalue weighted by Gasteiger charge is 2.34. The minimum absolute atomic E-state index is 0.102. The topological polar surface area (TPSA) is 100 Å². The quantitative estimate of drug-likeness (QED) is 0.421. The minimum atomic E-state index is -0.731. The fourth-order valence-electron chi connectivity index (χ4n) is 5.42. The van der Waals surface area contributed by atoms with Gasteiger partial charge in [0.15, 0.2) is 6.61 Å². The van der Waals surface area contributed by atoms with E-state index >= 15 is 0 Å². The molecule has 0 saturated carbocycles. The number of benzene rings is 3. The minimum Gasteiger partial charge on any atom is -0.482 e. The van der Waals surface area contributed by atoms with Crippen molar-refractivity contribution in [1.82, 2.24) is 10.2 Å². The molecule has 0 radical (unpaired) electrons. The average molecular weight is 571 g/mol. The summed E-state index contributed by atoms with van der Waals surface area (Å²) in [6.45, 7) is 10.6. The molecule has 9 nitrogen and oxygen atoms in total. The molecule has 2 aliphatic rings. The number of amides is 3. The first-order valence-corrected chi connectivity index (χ1v) is 14.3. The first kappa shape index (κ1) is 29.3. The number of nitrogens with one attached hydrogen (secondary N) is 2. The van der Waals surface area contributed by atoms with E-state index in [1.807, 2.05) is 74.5 Å². The van der Waals surface area contributed by atoms with Gasteiger partial charge in [-0.15, -0.1) is 0 Å². The monoisotopic (exact) mass is 570 g/mol. The molecular formula is C33H38N4O5. The number of aryl methyl sites for hydroxylation is 2. The van der Waals surface area contributed by atoms with Crippen LogP contribution in [0.5, 0.6) is 5.75 Å². The van der Waals surface area contributed by atoms with Crippen molar-refractivity contribution in [3.63, 3.8) is 0 Å². The molecule has 0 aliphatic carbocycles. The zero-order chi connectivity index (χ0) is 29.8. The van der Waals surface area contributed by atoms with Gasteiger partial charge in [0, 0.05) is 32.2 Å². The second-order valence-corrected chi connectivity index (χ2v) is 11.0. The van der Waals surface area contributed by atoms with Crippen molar-refractivity contribution in [2.75, 3.05) is 49.7 Å². The van der Waals surface area contributed by atoms with Crippen molar-refractivity contribution in [2.24, 2.45) is 0 Å². The Morgan fingerprint density at radius 1 is 0.952 bits per heavy atom. The number of carbonyl (C=O) groups excluding carboxylic acids is 3. The number of hydrogen-bond acceptors (Lipinski definition) is 6. The molecule has 220 valence electrons. The van der Waals surface area contributed by atoms with Crippen LogP contribution < -0.4 is 20.3 Å². The molecule has 0 bridgehead atoms. The molecular weight excluding hydrogens is 532 g/mol. The van der Waals surface area contributed by atoms with Crippen LogP contribution in [0.15, 0.2) is 60.7 Å². The smallest absolute Gasteiger partial charge is 0.265 e. The van der Waals surface area contributed by atoms with Crippen molar-refractivity contribution >= 4 is 29.1 Å². The number of nitrogens with zero attached hydrogens (tertiary/aromatic N) is 2. The summed E-state index contributed by atoms with van der Waals surface area (Å²) in [5.41, 5.74) is 6.38. The van der Waals surface area contributed by atoms with Gasteiger partial charge in [0.25, 0.3) is 5.91 Å². The van der Waals surface area contributed by atoms with Crippen molar-refractivity contribution < 1.29 is 23.9 Å². The van der Waals surface area contributed by atoms with E-state index in [1.54, 1.807) is 11.8 Å². The van der Waals surface area contributed by atoms with E-state index < -0.39 is 6.04 Å². The highest BCUT2D eigenvalue weighted by Crippen LogP contribution is 2.36. The van der Waals surface area contributed by atoms with Crippen LogP contribution in [-0.2, 0) is 19.1 Å². The molecule has 2 N–H and O–H groups in total. The van der Waals surface area contributed by atoms with Crippen LogP contribution in [0.2, 0.25) is 0 Å². The molecule has 3 aromatic carbocycles. The Morgan fingerprint density at radius 3 is 2.38 bits per heavy atom. The van der Waals surface area contributed by atoms with Gasteiger partial charge >= 0.3 is 0 Å². The maximum atomic E-state index is 13.8. The van der Waals surface area contributed by atoms with E-state index in [-0.39, 0.29) is 30.4 Å². The average Bonchev–Trinajstić information content (AvgIpc) is 2.98. The summed E-state index contributed by atoms with van der Waals surface area (Å²) in [6.07, 6.45) is 0. The fraction of sp³-hybridized carbons (Fsp3) is 0.364. The van der Waals surface area contributed by atoms with Crippen LogP contribution in [0.4, 0.5) is 11.4 Å². The van der Waals surface area contributed by atoms with Crippen molar-refractivity contribution in [1.29, 1.82) is 0 Å². The first-order chi connectivity index (χ1) is 20.2. The molecule has 5 rings (SSSR count). The Kier molecular flexibility index (Phi) is 8.89. The molecule has 3 amide bonds. The van der Waals surface area contributed by atoms with Crippen molar-refractivity contribution in [3.05, 3.63) is 77.4 Å². The molecule has 9 heteroatoms. The van der Waals surface area contributed by atoms with Gasteiger partial charge in [-0.2, -0.15) is 0 Å². The number of ether oxygens (including phenoxy) is 2. The number of hydrogen-bond donors (Lipinski definition) is 2. The summed E-state index contributed by atoms with van der Waals surface area (Å²) in [5.74, 6) is 0.00932. The normalized spacial score (nSPS) is 16.7. The maximum Gasteiger partial charge on any atom is 0.265 e. The highest BCUT2D eigenvalue weighted by molar-refractivity contribution is 6.04. The van der Waals surface area contributed by atoms with Crippen LogP contribution in [-0.4, -0.2) is 68.1 Å². The molecule has 2 unspecified atom stereocenters. The van der Waals surface area contributed by atoms with E-state index in [9.17, 15) is 14.4 Å². The first-order valence-electron chi connectivity index (χ1n) is 14.3. The van der Waals surface area contributed by atoms with Crippen molar-refractivity contribution in [3.8, 4) is 16.9 Å². The number of anilines is 2. The van der Waals surface area contributed by atoms with Crippen LogP contribution >= 0.6 is 0 Å². The third kappa shape index (κ3) is 6.64. The van der Waals surface area contributed by atoms with Gasteiger partial charge < -0.3 is 20.1 Å². The molecule has 2 atom stereocenters. The van der Waals surface area contributed by atoms with E-state index in [0.29, 0.717) is 31.2 Å². The zero-order valence-corrected chi connectivity index (χ0v) is 24.6. The number of morpholine rings is 1. The van der Waals surface area contributed by atoms with Crippen molar-refractivity contribution in [2.45, 2.75) is 39.8 Å². The van der Waals surface area contributed by atoms with E-state index in [4.69, 9.17) is 9.47 Å². The second-order valence-electron chi connectivity index (χ2n) is 11.0. The molecule has 3 aromatic rings. The standard InChI is InChI=1S/C33H38N4O5/c1-21-16-30-31(17-22(21)2)42-20-32(39)37(30)23(3)33(40)35-29(19-36-12-14-41-15-13-36)26-10-8-25(9-11-26)27-6-5-7-28(18-27)34-24(4)38/h5-11,16-18,23,29H,12-15,19-20H2,1-4H3,(H,34,38)(H,35,40). The summed E-state index contributed by atoms with van der Waals surface area (Å²) in [4.78, 5) is 42.1. The van der Waals surface area contributed by atoms with Gasteiger partial charge in [-0.25, -0.2) is 0 Å². The van der Waals surface area contributed by atoms with Crippen LogP contribution in [0.1, 0.15) is 36.6 Å². The Bertz CT molecular complexity index is 1470. The predicted octanol–water partition coefficient (Wildman–Crippen LogP) is 4.23. The third-order valence-electron chi connectivity index (χ3n) is 7.91. The van der Waals surface area contributed by atoms with Crippen LogP contribution in [0, 0.1) is 13.8 Å². The van der Waals surface area contributed by atoms with Crippen LogP contribution in [0.25, 0.3) is 11.1 Å². The lowest BCUT2D eigenvalue weighted by atomic mass is 9.99. The zero-order valence-electron chi connectivity index (χ0n) is 24.6. The van der Waals surface area contributed by atoms with Gasteiger partial charge in [0.05, 0.1) is 24.9 Å². The highest BCUT2D eigenvalue weighted by atomic mass is 16.5. The second kappa shape index (κ2) is 12.8. The summed E-state index contributed by atoms with van der Waals surface area (Å²) in [6, 6.07) is 18.6. The van der Waals surface area contributed by atoms with Gasteiger partial charge in [0.2, 0.25) is 11.8 Å². The number of rotatable bonds is 8. The lowest BCUT2D eigenvalue weighted by molar-refractivity contribution is -0.128. The lowest BCUT2D eigenvalue weighted by Crippen LogP contribution is -2.53. The van der Waals surface area contributed by atoms with E-state index in [1.165, 1.54) is 6.92 Å². The van der Waals surface area contributed by atoms with Gasteiger partial charge in [0.1, 0.15) is 11.8 Å². The van der Waals surface area contributed by atoms with Crippen LogP contribution in [0.3, 0.4) is 0 Å². The Morgan fingerprint density at radius 2 is 1.67 bits per heavy atom. The summed E-state index contributed by atoms with van der Waals surface area (Å²) in [5, 5.41) is 6.07. The molecule has 2 heterocycles. The molecule has 42 heavy (non-hydrogen) atoms. The summed E-state index contributed by atoms with van der Waals surface area (Å²) < 4.78 is 11.2. The largest absolute Gasteiger partial charge is 0.482 e. The number of fused-ring (bicyclic) bond motifs is 1. The van der Waals surface area contributed by atoms with Gasteiger partial charge in [-0.3, -0.25) is 24.2 Å². The van der Waals surface area contributed by atoms with E-state index in [0.717, 1.165) is 46.6 Å². The molecule has 1 fully saturated rings. The molecule has 0 aromatic heterocycles. The fourth-order valence-corrected chi connectivity index (χ4v) is 5.42. The van der Waals surface area contributed by atoms with E-state index in [2.05, 4.69) is 15.5 Å². The Balaban J connectivity index is 1.38. The molecule has 0 spiro atoms. The van der Waals surface area contributed by atoms with Gasteiger partial charge in [-0.1, -0.05) is 36.4 Å². The molecule has 2 aliphatic heterocycles. The predicted molar refractivity (Wildman–Crippen MR) is 163 cm³/mol. The summed E-state index contributed by atoms with van der Waals surface area (Å²) in [7, 11) is 0. The SMILES string of the molecule is CC(=O)Nc1cccc(-c2ccc(C(CN3CCOCC3)NC(=O)C(C)N3C(=O)COc4cc(C)c(C)cc43)cc2)c1. The maximum absolute atomic E-state index is 13.8. The number of carbonyl (C=O) groups is 3. The third-order valence-corrected chi connectivity index (χ3v) is 7.91. The molecule has 1 saturated heterocycles. The van der Waals surface area contributed by atoms with Gasteiger partial charge in [-0.05, 0) is 72.9 Å². The summed E-state index contributed by atoms with van der Waals surface area (Å²) >= 11 is 0. The Hall–Kier alpha value is -4.21. The Labute approximate surface area is 246 Å².